The van der Waals surface area contributed by atoms with Crippen LogP contribution in [0.5, 0.6) is 0 Å². The Balaban J connectivity index is 2.01. The van der Waals surface area contributed by atoms with Gasteiger partial charge in [0.25, 0.3) is 0 Å². The first-order valence-corrected chi connectivity index (χ1v) is 7.69. The minimum absolute atomic E-state index is 0.148. The van der Waals surface area contributed by atoms with Crippen molar-refractivity contribution in [3.8, 4) is 0 Å². The van der Waals surface area contributed by atoms with Gasteiger partial charge in [-0.3, -0.25) is 4.68 Å². The minimum Gasteiger partial charge on any atom is -0.312 e. The third-order valence-corrected chi connectivity index (χ3v) is 5.17. The van der Waals surface area contributed by atoms with E-state index >= 15 is 0 Å². The van der Waals surface area contributed by atoms with Crippen molar-refractivity contribution in [1.29, 1.82) is 0 Å². The molecule has 0 amide bonds. The van der Waals surface area contributed by atoms with Gasteiger partial charge in [-0.1, -0.05) is 0 Å². The fraction of sp³-hybridized carbons (Fsp3) is 0.727. The number of rotatable bonds is 4. The Labute approximate surface area is 102 Å². The second-order valence-electron chi connectivity index (χ2n) is 4.76. The highest BCUT2D eigenvalue weighted by atomic mass is 32.2. The maximum atomic E-state index is 11.4. The average molecular weight is 257 g/mol. The van der Waals surface area contributed by atoms with Crippen LogP contribution in [-0.4, -0.2) is 36.8 Å². The third kappa shape index (κ3) is 3.07. The molecule has 0 aromatic carbocycles. The van der Waals surface area contributed by atoms with Crippen LogP contribution in [0.2, 0.25) is 0 Å². The zero-order valence-corrected chi connectivity index (χ0v) is 11.1. The average Bonchev–Trinajstić information content (AvgIpc) is 2.81. The zero-order chi connectivity index (χ0) is 12.5. The second-order valence-corrected chi connectivity index (χ2v) is 6.99. The topological polar surface area (TPSA) is 64.0 Å². The number of aryl methyl sites for hydroxylation is 1. The van der Waals surface area contributed by atoms with E-state index in [1.807, 2.05) is 26.4 Å². The monoisotopic (exact) mass is 257 g/mol. The molecule has 2 heterocycles. The quantitative estimate of drug-likeness (QED) is 0.853. The Kier molecular flexibility index (Phi) is 3.53. The van der Waals surface area contributed by atoms with Gasteiger partial charge < -0.3 is 5.32 Å². The number of hydrogen-bond donors (Lipinski definition) is 1. The molecule has 1 aliphatic rings. The highest BCUT2D eigenvalue weighted by Crippen LogP contribution is 2.28. The molecule has 0 radical (unpaired) electrons. The van der Waals surface area contributed by atoms with Crippen molar-refractivity contribution < 1.29 is 8.42 Å². The van der Waals surface area contributed by atoms with Crippen LogP contribution >= 0.6 is 0 Å². The van der Waals surface area contributed by atoms with Gasteiger partial charge in [0.15, 0.2) is 9.84 Å². The van der Waals surface area contributed by atoms with E-state index in [-0.39, 0.29) is 12.0 Å². The van der Waals surface area contributed by atoms with E-state index < -0.39 is 9.84 Å². The normalized spacial score (nSPS) is 24.9. The summed E-state index contributed by atoms with van der Waals surface area (Å²) in [4.78, 5) is 0. The van der Waals surface area contributed by atoms with Crippen molar-refractivity contribution in [2.45, 2.75) is 18.9 Å². The molecule has 96 valence electrons. The number of aromatic nitrogens is 2. The van der Waals surface area contributed by atoms with Crippen molar-refractivity contribution in [2.75, 3.05) is 18.6 Å². The van der Waals surface area contributed by atoms with Gasteiger partial charge in [-0.2, -0.15) is 5.10 Å². The molecule has 0 spiro atoms. The van der Waals surface area contributed by atoms with E-state index in [1.54, 1.807) is 4.68 Å². The molecule has 2 rings (SSSR count). The fourth-order valence-electron chi connectivity index (χ4n) is 2.40. The van der Waals surface area contributed by atoms with Crippen molar-refractivity contribution in [3.63, 3.8) is 0 Å². The van der Waals surface area contributed by atoms with Gasteiger partial charge in [0, 0.05) is 13.2 Å². The second kappa shape index (κ2) is 4.78. The van der Waals surface area contributed by atoms with Crippen LogP contribution in [-0.2, 0) is 16.9 Å². The van der Waals surface area contributed by atoms with Crippen molar-refractivity contribution in [2.24, 2.45) is 13.0 Å². The summed E-state index contributed by atoms with van der Waals surface area (Å²) in [5.74, 6) is 0.938. The molecule has 17 heavy (non-hydrogen) atoms. The lowest BCUT2D eigenvalue weighted by atomic mass is 9.97. The Morgan fingerprint density at radius 3 is 2.88 bits per heavy atom. The maximum Gasteiger partial charge on any atom is 0.150 e. The van der Waals surface area contributed by atoms with Gasteiger partial charge in [-0.05, 0) is 31.9 Å². The van der Waals surface area contributed by atoms with Gasteiger partial charge in [0.05, 0.1) is 23.2 Å². The van der Waals surface area contributed by atoms with Crippen LogP contribution in [0.3, 0.4) is 0 Å². The van der Waals surface area contributed by atoms with Gasteiger partial charge in [-0.15, -0.1) is 0 Å². The number of nitrogens with zero attached hydrogens (tertiary/aromatic N) is 2. The van der Waals surface area contributed by atoms with E-state index in [2.05, 4.69) is 10.4 Å². The Morgan fingerprint density at radius 2 is 2.41 bits per heavy atom. The summed E-state index contributed by atoms with van der Waals surface area (Å²) in [6, 6.07) is 2.12. The van der Waals surface area contributed by atoms with Crippen LogP contribution in [0.15, 0.2) is 12.3 Å². The van der Waals surface area contributed by atoms with Crippen molar-refractivity contribution in [1.82, 2.24) is 15.1 Å². The number of nitrogens with one attached hydrogen (secondary N) is 1. The smallest absolute Gasteiger partial charge is 0.150 e. The molecular formula is C11H19N3O2S. The molecule has 1 N–H and O–H groups in total. The van der Waals surface area contributed by atoms with Crippen LogP contribution in [0.4, 0.5) is 0 Å². The third-order valence-electron chi connectivity index (χ3n) is 3.34. The minimum atomic E-state index is -2.78. The van der Waals surface area contributed by atoms with Crippen LogP contribution in [0.1, 0.15) is 24.6 Å². The molecule has 1 aromatic heterocycles. The first kappa shape index (κ1) is 12.6. The molecule has 2 unspecified atom stereocenters. The Morgan fingerprint density at radius 1 is 1.65 bits per heavy atom. The Hall–Kier alpha value is -0.880. The lowest BCUT2D eigenvalue weighted by molar-refractivity contribution is 0.427. The molecule has 5 nitrogen and oxygen atoms in total. The highest BCUT2D eigenvalue weighted by molar-refractivity contribution is 7.91. The molecule has 1 saturated heterocycles. The molecule has 0 saturated carbocycles. The molecule has 0 aliphatic carbocycles. The number of sulfone groups is 1. The number of hydrogen-bond acceptors (Lipinski definition) is 4. The van der Waals surface area contributed by atoms with Gasteiger partial charge in [-0.25, -0.2) is 8.42 Å². The maximum absolute atomic E-state index is 11.4. The summed E-state index contributed by atoms with van der Waals surface area (Å²) in [5, 5.41) is 7.58. The first-order valence-electron chi connectivity index (χ1n) is 5.87. The summed E-state index contributed by atoms with van der Waals surface area (Å²) in [5.41, 5.74) is 0.985. The van der Waals surface area contributed by atoms with Crippen LogP contribution < -0.4 is 5.32 Å². The highest BCUT2D eigenvalue weighted by Gasteiger charge is 2.30. The predicted octanol–water partition coefficient (Wildman–Crippen LogP) is 0.505. The van der Waals surface area contributed by atoms with Gasteiger partial charge in [0.2, 0.25) is 0 Å². The van der Waals surface area contributed by atoms with Crippen LogP contribution in [0.25, 0.3) is 0 Å². The SMILES string of the molecule is CNC(CC1CCS(=O)(=O)C1)c1ccn(C)n1. The molecular weight excluding hydrogens is 238 g/mol. The summed E-state index contributed by atoms with van der Waals surface area (Å²) in [7, 11) is 0.997. The molecule has 1 aromatic rings. The van der Waals surface area contributed by atoms with E-state index in [9.17, 15) is 8.42 Å². The van der Waals surface area contributed by atoms with E-state index in [0.717, 1.165) is 18.5 Å². The molecule has 1 fully saturated rings. The first-order chi connectivity index (χ1) is 8.00. The van der Waals surface area contributed by atoms with Crippen molar-refractivity contribution >= 4 is 9.84 Å². The summed E-state index contributed by atoms with van der Waals surface area (Å²) in [6.07, 6.45) is 3.53. The summed E-state index contributed by atoms with van der Waals surface area (Å²) < 4.78 is 24.6. The molecule has 0 bridgehead atoms. The van der Waals surface area contributed by atoms with E-state index in [4.69, 9.17) is 0 Å². The zero-order valence-electron chi connectivity index (χ0n) is 10.3. The van der Waals surface area contributed by atoms with E-state index in [1.165, 1.54) is 0 Å². The molecule has 1 aliphatic heterocycles. The molecule has 6 heteroatoms. The Bertz CT molecular complexity index is 481. The summed E-state index contributed by atoms with van der Waals surface area (Å²) >= 11 is 0. The standard InChI is InChI=1S/C11H19N3O2S/c1-12-11(10-3-5-14(2)13-10)7-9-4-6-17(15,16)8-9/h3,5,9,11-12H,4,6-8H2,1-2H3. The summed E-state index contributed by atoms with van der Waals surface area (Å²) in [6.45, 7) is 0. The van der Waals surface area contributed by atoms with Crippen molar-refractivity contribution in [3.05, 3.63) is 18.0 Å². The predicted molar refractivity (Wildman–Crippen MR) is 66.4 cm³/mol. The molecule has 2 atom stereocenters. The van der Waals surface area contributed by atoms with Gasteiger partial charge in [0.1, 0.15) is 0 Å². The largest absolute Gasteiger partial charge is 0.312 e. The lowest BCUT2D eigenvalue weighted by Crippen LogP contribution is -2.21. The fourth-order valence-corrected chi connectivity index (χ4v) is 4.28. The van der Waals surface area contributed by atoms with E-state index in [0.29, 0.717) is 11.5 Å². The van der Waals surface area contributed by atoms with Gasteiger partial charge >= 0.3 is 0 Å². The van der Waals surface area contributed by atoms with Crippen LogP contribution in [0, 0.1) is 5.92 Å². The lowest BCUT2D eigenvalue weighted by Gasteiger charge is -2.17.